The number of rotatable bonds is 2. The Balaban J connectivity index is 0.00000256. The fourth-order valence-electron chi connectivity index (χ4n) is 3.88. The molecule has 0 atom stereocenters. The molecular weight excluding hydrogens is 424 g/mol. The molecule has 7 heteroatoms. The average molecular weight is 453 g/mol. The van der Waals surface area contributed by atoms with E-state index in [1.54, 1.807) is 0 Å². The standard InChI is InChI=1S/C23H29N6.Cu/c1-5-19-17-20(21-6-2-11-28-23(21)22(19)27-10-1)18-29-15-4-9-25-13-12-24-7-3-8-26-14-16-29;/h1-2,5-6,10-11,17H,3-4,7-9,12-16,18H2;/q-3;+2. The van der Waals surface area contributed by atoms with Crippen molar-refractivity contribution in [2.24, 2.45) is 0 Å². The molecule has 0 spiro atoms. The predicted molar refractivity (Wildman–Crippen MR) is 121 cm³/mol. The molecule has 0 unspecified atom stereocenters. The minimum Gasteiger partial charge on any atom is -0.664 e. The Kier molecular flexibility index (Phi) is 9.46. The van der Waals surface area contributed by atoms with Crippen LogP contribution in [0.25, 0.3) is 37.8 Å². The van der Waals surface area contributed by atoms with Crippen molar-refractivity contribution in [2.75, 3.05) is 52.4 Å². The van der Waals surface area contributed by atoms with Gasteiger partial charge < -0.3 is 20.9 Å². The van der Waals surface area contributed by atoms with Crippen LogP contribution >= 0.6 is 0 Å². The topological polar surface area (TPSA) is 71.3 Å². The summed E-state index contributed by atoms with van der Waals surface area (Å²) in [5, 5.41) is 16.2. The molecule has 0 saturated carbocycles. The fourth-order valence-corrected chi connectivity index (χ4v) is 3.88. The van der Waals surface area contributed by atoms with Gasteiger partial charge in [0.2, 0.25) is 0 Å². The molecule has 6 nitrogen and oxygen atoms in total. The quantitative estimate of drug-likeness (QED) is 0.424. The summed E-state index contributed by atoms with van der Waals surface area (Å²) in [7, 11) is 0. The molecule has 1 saturated heterocycles. The van der Waals surface area contributed by atoms with Crippen LogP contribution in [0.4, 0.5) is 0 Å². The molecule has 0 N–H and O–H groups in total. The first kappa shape index (κ1) is 23.1. The normalized spacial score (nSPS) is 18.0. The van der Waals surface area contributed by atoms with Crippen molar-refractivity contribution in [2.45, 2.75) is 19.4 Å². The average Bonchev–Trinajstić information content (AvgIpc) is 2.76. The molecule has 2 aromatic heterocycles. The Bertz CT molecular complexity index is 904. The maximum Gasteiger partial charge on any atom is 2.00 e. The summed E-state index contributed by atoms with van der Waals surface area (Å²) in [5.41, 5.74) is 3.28. The number of aromatic nitrogens is 2. The van der Waals surface area contributed by atoms with E-state index < -0.39 is 0 Å². The number of nitrogens with zero attached hydrogens (tertiary/aromatic N) is 6. The summed E-state index contributed by atoms with van der Waals surface area (Å²) >= 11 is 0. The summed E-state index contributed by atoms with van der Waals surface area (Å²) < 4.78 is 0. The second-order valence-corrected chi connectivity index (χ2v) is 7.51. The smallest absolute Gasteiger partial charge is 0.664 e. The van der Waals surface area contributed by atoms with Crippen LogP contribution < -0.4 is 0 Å². The van der Waals surface area contributed by atoms with E-state index >= 15 is 0 Å². The number of hydrogen-bond acceptors (Lipinski definition) is 3. The molecule has 0 aliphatic carbocycles. The molecule has 1 aliphatic rings. The van der Waals surface area contributed by atoms with Gasteiger partial charge in [0, 0.05) is 29.7 Å². The molecule has 1 aromatic carbocycles. The summed E-state index contributed by atoms with van der Waals surface area (Å²) in [6.45, 7) is 8.22. The molecule has 4 rings (SSSR count). The van der Waals surface area contributed by atoms with Gasteiger partial charge in [-0.3, -0.25) is 9.97 Å². The van der Waals surface area contributed by atoms with Crippen molar-refractivity contribution in [1.82, 2.24) is 14.9 Å². The number of pyridine rings is 2. The maximum absolute atomic E-state index is 4.72. The Hall–Kier alpha value is -1.60. The first-order chi connectivity index (χ1) is 14.4. The Morgan fingerprint density at radius 1 is 0.767 bits per heavy atom. The van der Waals surface area contributed by atoms with Crippen molar-refractivity contribution in [3.05, 3.63) is 64.2 Å². The Morgan fingerprint density at radius 3 is 2.30 bits per heavy atom. The van der Waals surface area contributed by atoms with Crippen LogP contribution in [0, 0.1) is 0 Å². The van der Waals surface area contributed by atoms with Gasteiger partial charge in [-0.1, -0.05) is 25.0 Å². The van der Waals surface area contributed by atoms with E-state index in [9.17, 15) is 0 Å². The Labute approximate surface area is 189 Å². The first-order valence-corrected chi connectivity index (χ1v) is 10.7. The second-order valence-electron chi connectivity index (χ2n) is 7.51. The van der Waals surface area contributed by atoms with Crippen molar-refractivity contribution < 1.29 is 17.1 Å². The van der Waals surface area contributed by atoms with Crippen LogP contribution in [-0.4, -0.2) is 67.2 Å². The molecule has 163 valence electrons. The fraction of sp³-hybridized carbons (Fsp3) is 0.478. The SMILES string of the molecule is [Cu+2].c1cnc2c(c1)cc(CN1CCC[N-]CC[N-]CCC[N-]CC1)c1cccnc12. The van der Waals surface area contributed by atoms with Crippen molar-refractivity contribution in [3.8, 4) is 0 Å². The van der Waals surface area contributed by atoms with E-state index in [0.717, 1.165) is 88.2 Å². The van der Waals surface area contributed by atoms with E-state index in [-0.39, 0.29) is 17.1 Å². The van der Waals surface area contributed by atoms with Gasteiger partial charge >= 0.3 is 17.1 Å². The van der Waals surface area contributed by atoms with E-state index in [1.165, 1.54) is 10.9 Å². The molecule has 0 bridgehead atoms. The van der Waals surface area contributed by atoms with Crippen LogP contribution in [0.2, 0.25) is 0 Å². The van der Waals surface area contributed by atoms with Gasteiger partial charge in [-0.25, -0.2) is 0 Å². The van der Waals surface area contributed by atoms with Crippen molar-refractivity contribution in [1.29, 1.82) is 0 Å². The van der Waals surface area contributed by atoms with Crippen LogP contribution in [0.3, 0.4) is 0 Å². The Morgan fingerprint density at radius 2 is 1.47 bits per heavy atom. The van der Waals surface area contributed by atoms with Gasteiger partial charge in [-0.15, -0.1) is 13.1 Å². The third kappa shape index (κ3) is 6.20. The molecule has 1 fully saturated rings. The summed E-state index contributed by atoms with van der Waals surface area (Å²) in [4.78, 5) is 11.7. The van der Waals surface area contributed by atoms with Gasteiger partial charge in [0.05, 0.1) is 11.0 Å². The largest absolute Gasteiger partial charge is 2.00 e. The van der Waals surface area contributed by atoms with Crippen LogP contribution in [-0.2, 0) is 23.6 Å². The van der Waals surface area contributed by atoms with Gasteiger partial charge in [-0.05, 0) is 36.9 Å². The van der Waals surface area contributed by atoms with Crippen LogP contribution in [0.5, 0.6) is 0 Å². The molecule has 3 heterocycles. The van der Waals surface area contributed by atoms with Crippen LogP contribution in [0.1, 0.15) is 18.4 Å². The number of fused-ring (bicyclic) bond motifs is 3. The minimum absolute atomic E-state index is 0. The predicted octanol–water partition coefficient (Wildman–Crippen LogP) is 4.50. The number of benzene rings is 1. The molecule has 30 heavy (non-hydrogen) atoms. The molecule has 0 amide bonds. The molecule has 3 aromatic rings. The second kappa shape index (κ2) is 12.3. The molecule has 1 radical (unpaired) electrons. The monoisotopic (exact) mass is 452 g/mol. The first-order valence-electron chi connectivity index (χ1n) is 10.7. The minimum atomic E-state index is 0. The zero-order valence-electron chi connectivity index (χ0n) is 17.3. The van der Waals surface area contributed by atoms with E-state index in [0.29, 0.717) is 0 Å². The zero-order chi connectivity index (χ0) is 19.7. The van der Waals surface area contributed by atoms with E-state index in [4.69, 9.17) is 5.32 Å². The van der Waals surface area contributed by atoms with E-state index in [2.05, 4.69) is 43.7 Å². The summed E-state index contributed by atoms with van der Waals surface area (Å²) in [5.74, 6) is 0. The van der Waals surface area contributed by atoms with E-state index in [1.807, 2.05) is 24.5 Å². The molecule has 1 aliphatic heterocycles. The van der Waals surface area contributed by atoms with Gasteiger partial charge in [0.25, 0.3) is 0 Å². The van der Waals surface area contributed by atoms with Crippen molar-refractivity contribution in [3.63, 3.8) is 0 Å². The van der Waals surface area contributed by atoms with Gasteiger partial charge in [0.1, 0.15) is 0 Å². The summed E-state index contributed by atoms with van der Waals surface area (Å²) in [6, 6.07) is 10.6. The zero-order valence-corrected chi connectivity index (χ0v) is 18.2. The maximum atomic E-state index is 4.72. The van der Waals surface area contributed by atoms with Gasteiger partial charge in [-0.2, -0.15) is 26.2 Å². The molecular formula is C23H29CuN6-. The summed E-state index contributed by atoms with van der Waals surface area (Å²) in [6.07, 6.45) is 5.82. The third-order valence-corrected chi connectivity index (χ3v) is 5.35. The van der Waals surface area contributed by atoms with Crippen LogP contribution in [0.15, 0.2) is 42.7 Å². The third-order valence-electron chi connectivity index (χ3n) is 5.35. The number of hydrogen-bond donors (Lipinski definition) is 0. The van der Waals surface area contributed by atoms with Crippen molar-refractivity contribution >= 4 is 21.8 Å². The van der Waals surface area contributed by atoms with Gasteiger partial charge in [0.15, 0.2) is 0 Å².